The highest BCUT2D eigenvalue weighted by Crippen LogP contribution is 2.19. The molecule has 2 heterocycles. The minimum Gasteiger partial charge on any atom is -0.250 e. The molecule has 0 radical (unpaired) electrons. The second-order valence-corrected chi connectivity index (χ2v) is 5.99. The summed E-state index contributed by atoms with van der Waals surface area (Å²) in [5.74, 6) is 2.81. The van der Waals surface area contributed by atoms with Gasteiger partial charge in [-0.1, -0.05) is 35.0 Å². The molecule has 0 bridgehead atoms. The van der Waals surface area contributed by atoms with Crippen molar-refractivity contribution in [2.24, 2.45) is 5.92 Å². The molecule has 4 heteroatoms. The Kier molecular flexibility index (Phi) is 3.20. The van der Waals surface area contributed by atoms with E-state index in [-0.39, 0.29) is 0 Å². The van der Waals surface area contributed by atoms with E-state index in [1.54, 1.807) is 0 Å². The summed E-state index contributed by atoms with van der Waals surface area (Å²) in [4.78, 5) is 4.65. The Morgan fingerprint density at radius 1 is 1.44 bits per heavy atom. The van der Waals surface area contributed by atoms with Gasteiger partial charge in [-0.25, -0.2) is 9.67 Å². The van der Waals surface area contributed by atoms with Crippen LogP contribution in [-0.4, -0.2) is 14.8 Å². The summed E-state index contributed by atoms with van der Waals surface area (Å²) in [7, 11) is 0. The first-order chi connectivity index (χ1) is 8.70. The maximum atomic E-state index is 4.65. The van der Waals surface area contributed by atoms with Crippen LogP contribution in [0.4, 0.5) is 0 Å². The van der Waals surface area contributed by atoms with Gasteiger partial charge in [0, 0.05) is 23.9 Å². The lowest BCUT2D eigenvalue weighted by atomic mass is 10.0. The molecule has 0 saturated heterocycles. The zero-order valence-corrected chi connectivity index (χ0v) is 12.0. The Morgan fingerprint density at radius 2 is 2.33 bits per heavy atom. The number of hydrogen-bond acceptors (Lipinski definition) is 2. The van der Waals surface area contributed by atoms with Gasteiger partial charge in [-0.3, -0.25) is 0 Å². The van der Waals surface area contributed by atoms with Crippen LogP contribution in [0.3, 0.4) is 0 Å². The van der Waals surface area contributed by atoms with Crippen LogP contribution in [0.5, 0.6) is 0 Å². The average Bonchev–Trinajstić information content (AvgIpc) is 2.70. The number of fused-ring (bicyclic) bond motifs is 1. The van der Waals surface area contributed by atoms with E-state index < -0.39 is 0 Å². The molecule has 0 saturated carbocycles. The lowest BCUT2D eigenvalue weighted by Crippen LogP contribution is -2.18. The summed E-state index contributed by atoms with van der Waals surface area (Å²) < 4.78 is 3.19. The standard InChI is InChI=1S/C14H16BrN3/c1-10-5-6-14-16-13(17-18(14)9-10)8-11-3-2-4-12(15)7-11/h2-4,7,10H,5-6,8-9H2,1H3. The van der Waals surface area contributed by atoms with E-state index in [1.165, 1.54) is 12.0 Å². The van der Waals surface area contributed by atoms with E-state index in [0.717, 1.165) is 41.4 Å². The number of aryl methyl sites for hydroxylation is 1. The van der Waals surface area contributed by atoms with Gasteiger partial charge in [0.15, 0.2) is 5.82 Å². The molecule has 0 aliphatic carbocycles. The fraction of sp³-hybridized carbons (Fsp3) is 0.429. The number of rotatable bonds is 2. The molecule has 1 aromatic heterocycles. The van der Waals surface area contributed by atoms with Crippen molar-refractivity contribution in [2.75, 3.05) is 0 Å². The molecule has 1 atom stereocenters. The zero-order valence-electron chi connectivity index (χ0n) is 10.4. The van der Waals surface area contributed by atoms with Crippen LogP contribution in [0.1, 0.15) is 30.6 Å². The Morgan fingerprint density at radius 3 is 3.17 bits per heavy atom. The minimum atomic E-state index is 0.720. The molecule has 1 aliphatic rings. The lowest BCUT2D eigenvalue weighted by Gasteiger charge is -2.17. The third-order valence-corrected chi connectivity index (χ3v) is 3.88. The predicted octanol–water partition coefficient (Wildman–Crippen LogP) is 3.21. The fourth-order valence-electron chi connectivity index (χ4n) is 2.42. The SMILES string of the molecule is CC1CCc2nc(Cc3cccc(Br)c3)nn2C1. The molecule has 1 aromatic carbocycles. The molecule has 0 spiro atoms. The van der Waals surface area contributed by atoms with Crippen molar-refractivity contribution in [3.63, 3.8) is 0 Å². The smallest absolute Gasteiger partial charge is 0.155 e. The number of benzene rings is 1. The fourth-order valence-corrected chi connectivity index (χ4v) is 2.87. The van der Waals surface area contributed by atoms with Crippen LogP contribution in [0, 0.1) is 5.92 Å². The molecule has 0 fully saturated rings. The molecule has 2 aromatic rings. The van der Waals surface area contributed by atoms with Crippen LogP contribution in [0.2, 0.25) is 0 Å². The van der Waals surface area contributed by atoms with Crippen LogP contribution < -0.4 is 0 Å². The Balaban J connectivity index is 1.82. The molecular weight excluding hydrogens is 290 g/mol. The second kappa shape index (κ2) is 4.84. The first-order valence-corrected chi connectivity index (χ1v) is 7.17. The van der Waals surface area contributed by atoms with Crippen molar-refractivity contribution in [3.8, 4) is 0 Å². The molecule has 3 rings (SSSR count). The monoisotopic (exact) mass is 305 g/mol. The molecule has 0 amide bonds. The van der Waals surface area contributed by atoms with Crippen LogP contribution >= 0.6 is 15.9 Å². The summed E-state index contributed by atoms with van der Waals surface area (Å²) in [6.45, 7) is 3.29. The van der Waals surface area contributed by atoms with Gasteiger partial charge in [0.25, 0.3) is 0 Å². The van der Waals surface area contributed by atoms with Crippen molar-refractivity contribution in [2.45, 2.75) is 32.7 Å². The Hall–Kier alpha value is -1.16. The Bertz CT molecular complexity index is 562. The van der Waals surface area contributed by atoms with Crippen molar-refractivity contribution in [1.29, 1.82) is 0 Å². The molecular formula is C14H16BrN3. The first-order valence-electron chi connectivity index (χ1n) is 6.38. The summed E-state index contributed by atoms with van der Waals surface area (Å²) in [5.41, 5.74) is 1.25. The van der Waals surface area contributed by atoms with Gasteiger partial charge in [-0.05, 0) is 30.0 Å². The average molecular weight is 306 g/mol. The molecule has 0 N–H and O–H groups in total. The molecule has 3 nitrogen and oxygen atoms in total. The second-order valence-electron chi connectivity index (χ2n) is 5.08. The summed E-state index contributed by atoms with van der Waals surface area (Å²) in [6.07, 6.45) is 3.11. The van der Waals surface area contributed by atoms with Gasteiger partial charge < -0.3 is 0 Å². The van der Waals surface area contributed by atoms with E-state index in [1.807, 2.05) is 6.07 Å². The highest BCUT2D eigenvalue weighted by atomic mass is 79.9. The van der Waals surface area contributed by atoms with E-state index >= 15 is 0 Å². The molecule has 1 unspecified atom stereocenters. The van der Waals surface area contributed by atoms with E-state index in [9.17, 15) is 0 Å². The van der Waals surface area contributed by atoms with Gasteiger partial charge in [-0.15, -0.1) is 0 Å². The number of halogens is 1. The van der Waals surface area contributed by atoms with Crippen molar-refractivity contribution < 1.29 is 0 Å². The predicted molar refractivity (Wildman–Crippen MR) is 74.5 cm³/mol. The summed E-state index contributed by atoms with van der Waals surface area (Å²) in [6, 6.07) is 8.34. The van der Waals surface area contributed by atoms with Crippen LogP contribution in [0.15, 0.2) is 28.7 Å². The van der Waals surface area contributed by atoms with Crippen LogP contribution in [0.25, 0.3) is 0 Å². The summed E-state index contributed by atoms with van der Waals surface area (Å²) in [5, 5.41) is 4.62. The normalized spacial score (nSPS) is 18.7. The number of aromatic nitrogens is 3. The topological polar surface area (TPSA) is 30.7 Å². The van der Waals surface area contributed by atoms with Gasteiger partial charge in [0.2, 0.25) is 0 Å². The maximum Gasteiger partial charge on any atom is 0.155 e. The van der Waals surface area contributed by atoms with Crippen molar-refractivity contribution in [3.05, 3.63) is 46.0 Å². The molecule has 94 valence electrons. The molecule has 1 aliphatic heterocycles. The van der Waals surface area contributed by atoms with Gasteiger partial charge in [0.05, 0.1) is 0 Å². The highest BCUT2D eigenvalue weighted by molar-refractivity contribution is 9.10. The third-order valence-electron chi connectivity index (χ3n) is 3.39. The zero-order chi connectivity index (χ0) is 12.5. The van der Waals surface area contributed by atoms with Gasteiger partial charge >= 0.3 is 0 Å². The Labute approximate surface area is 115 Å². The van der Waals surface area contributed by atoms with E-state index in [0.29, 0.717) is 0 Å². The molecule has 18 heavy (non-hydrogen) atoms. The quantitative estimate of drug-likeness (QED) is 0.853. The van der Waals surface area contributed by atoms with E-state index in [4.69, 9.17) is 0 Å². The highest BCUT2D eigenvalue weighted by Gasteiger charge is 2.18. The largest absolute Gasteiger partial charge is 0.250 e. The number of nitrogens with zero attached hydrogens (tertiary/aromatic N) is 3. The third kappa shape index (κ3) is 2.48. The minimum absolute atomic E-state index is 0.720. The number of hydrogen-bond donors (Lipinski definition) is 0. The van der Waals surface area contributed by atoms with E-state index in [2.05, 4.69) is 55.8 Å². The summed E-state index contributed by atoms with van der Waals surface area (Å²) >= 11 is 3.49. The van der Waals surface area contributed by atoms with Crippen molar-refractivity contribution >= 4 is 15.9 Å². The van der Waals surface area contributed by atoms with Crippen molar-refractivity contribution in [1.82, 2.24) is 14.8 Å². The first kappa shape index (κ1) is 11.9. The lowest BCUT2D eigenvalue weighted by molar-refractivity contribution is 0.367. The van der Waals surface area contributed by atoms with Gasteiger partial charge in [-0.2, -0.15) is 5.10 Å². The van der Waals surface area contributed by atoms with Crippen LogP contribution in [-0.2, 0) is 19.4 Å². The van der Waals surface area contributed by atoms with Gasteiger partial charge in [0.1, 0.15) is 5.82 Å². The maximum absolute atomic E-state index is 4.65.